The van der Waals surface area contributed by atoms with Crippen molar-refractivity contribution in [3.63, 3.8) is 0 Å². The lowest BCUT2D eigenvalue weighted by Crippen LogP contribution is -2.19. The van der Waals surface area contributed by atoms with E-state index in [1.54, 1.807) is 0 Å². The number of nitrogens with zero attached hydrogens (tertiary/aromatic N) is 1. The van der Waals surface area contributed by atoms with Gasteiger partial charge in [-0.2, -0.15) is 0 Å². The van der Waals surface area contributed by atoms with Crippen LogP contribution in [0.15, 0.2) is 39.4 Å². The van der Waals surface area contributed by atoms with E-state index < -0.39 is 0 Å². The molecule has 1 heterocycles. The molecule has 1 aliphatic carbocycles. The molecule has 2 rings (SSSR count). The van der Waals surface area contributed by atoms with Gasteiger partial charge in [0, 0.05) is 10.2 Å². The molecular weight excluding hydrogens is 230 g/mol. The van der Waals surface area contributed by atoms with Crippen LogP contribution in [0.5, 0.6) is 0 Å². The summed E-state index contributed by atoms with van der Waals surface area (Å²) in [7, 11) is 0. The SMILES string of the molecule is CC1=NC(=O)C2C=CC(Br)=CC2=C1. The first-order valence-electron chi connectivity index (χ1n) is 4.03. The van der Waals surface area contributed by atoms with Crippen molar-refractivity contribution in [1.82, 2.24) is 0 Å². The molecule has 13 heavy (non-hydrogen) atoms. The van der Waals surface area contributed by atoms with Gasteiger partial charge in [0.25, 0.3) is 5.91 Å². The Balaban J connectivity index is 2.46. The summed E-state index contributed by atoms with van der Waals surface area (Å²) in [6, 6.07) is 0. The highest BCUT2D eigenvalue weighted by molar-refractivity contribution is 9.11. The molecule has 2 nitrogen and oxygen atoms in total. The van der Waals surface area contributed by atoms with E-state index in [2.05, 4.69) is 20.9 Å². The zero-order chi connectivity index (χ0) is 9.42. The summed E-state index contributed by atoms with van der Waals surface area (Å²) in [6.45, 7) is 1.83. The van der Waals surface area contributed by atoms with Crippen LogP contribution < -0.4 is 0 Å². The quantitative estimate of drug-likeness (QED) is 0.637. The molecule has 1 unspecified atom stereocenters. The van der Waals surface area contributed by atoms with Crippen molar-refractivity contribution in [3.05, 3.63) is 34.4 Å². The van der Waals surface area contributed by atoms with Gasteiger partial charge in [0.1, 0.15) is 0 Å². The van der Waals surface area contributed by atoms with Gasteiger partial charge >= 0.3 is 0 Å². The topological polar surface area (TPSA) is 29.4 Å². The second-order valence-corrected chi connectivity index (χ2v) is 4.02. The number of hydrogen-bond donors (Lipinski definition) is 0. The van der Waals surface area contributed by atoms with E-state index in [4.69, 9.17) is 0 Å². The summed E-state index contributed by atoms with van der Waals surface area (Å²) in [6.07, 6.45) is 7.65. The number of rotatable bonds is 0. The van der Waals surface area contributed by atoms with Crippen molar-refractivity contribution < 1.29 is 4.79 Å². The molecule has 0 spiro atoms. The molecule has 2 aliphatic rings. The Hall–Kier alpha value is -0.960. The van der Waals surface area contributed by atoms with Gasteiger partial charge in [0.2, 0.25) is 0 Å². The van der Waals surface area contributed by atoms with Gasteiger partial charge in [-0.15, -0.1) is 0 Å². The molecule has 0 aromatic rings. The number of halogens is 1. The first-order chi connectivity index (χ1) is 6.16. The molecule has 0 N–H and O–H groups in total. The summed E-state index contributed by atoms with van der Waals surface area (Å²) in [5.41, 5.74) is 1.80. The minimum Gasteiger partial charge on any atom is -0.272 e. The number of dihydropyridines is 1. The van der Waals surface area contributed by atoms with E-state index in [9.17, 15) is 4.79 Å². The predicted molar refractivity (Wildman–Crippen MR) is 55.8 cm³/mol. The van der Waals surface area contributed by atoms with E-state index >= 15 is 0 Å². The summed E-state index contributed by atoms with van der Waals surface area (Å²) < 4.78 is 0.998. The standard InChI is InChI=1S/C10H8BrNO/c1-6-4-7-5-8(11)2-3-9(7)10(13)12-6/h2-5,9H,1H3. The Bertz CT molecular complexity index is 388. The lowest BCUT2D eigenvalue weighted by atomic mass is 9.91. The Labute approximate surface area is 84.9 Å². The number of fused-ring (bicyclic) bond motifs is 1. The average molecular weight is 238 g/mol. The monoisotopic (exact) mass is 237 g/mol. The molecule has 0 saturated carbocycles. The molecule has 66 valence electrons. The molecule has 0 fully saturated rings. The number of hydrogen-bond acceptors (Lipinski definition) is 1. The summed E-state index contributed by atoms with van der Waals surface area (Å²) >= 11 is 3.37. The van der Waals surface area contributed by atoms with E-state index in [0.717, 1.165) is 15.8 Å². The van der Waals surface area contributed by atoms with Gasteiger partial charge in [0.15, 0.2) is 0 Å². The van der Waals surface area contributed by atoms with E-state index in [1.165, 1.54) is 0 Å². The lowest BCUT2D eigenvalue weighted by Gasteiger charge is -2.18. The zero-order valence-corrected chi connectivity index (χ0v) is 8.71. The van der Waals surface area contributed by atoms with Gasteiger partial charge in [-0.25, -0.2) is 4.99 Å². The smallest absolute Gasteiger partial charge is 0.257 e. The summed E-state index contributed by atoms with van der Waals surface area (Å²) in [5.74, 6) is -0.229. The number of aliphatic imine (C=N–C) groups is 1. The maximum atomic E-state index is 11.4. The highest BCUT2D eigenvalue weighted by Gasteiger charge is 2.24. The van der Waals surface area contributed by atoms with Gasteiger partial charge in [-0.3, -0.25) is 4.79 Å². The zero-order valence-electron chi connectivity index (χ0n) is 7.12. The van der Waals surface area contributed by atoms with Crippen LogP contribution in [0.4, 0.5) is 0 Å². The van der Waals surface area contributed by atoms with Crippen molar-refractivity contribution in [2.75, 3.05) is 0 Å². The van der Waals surface area contributed by atoms with Gasteiger partial charge in [0.05, 0.1) is 5.92 Å². The number of amides is 1. The maximum absolute atomic E-state index is 11.4. The van der Waals surface area contributed by atoms with Crippen molar-refractivity contribution in [1.29, 1.82) is 0 Å². The van der Waals surface area contributed by atoms with Crippen LogP contribution in [-0.4, -0.2) is 11.6 Å². The third-order valence-electron chi connectivity index (χ3n) is 2.04. The Morgan fingerprint density at radius 2 is 2.23 bits per heavy atom. The van der Waals surface area contributed by atoms with E-state index in [0.29, 0.717) is 0 Å². The molecule has 0 aromatic heterocycles. The highest BCUT2D eigenvalue weighted by Crippen LogP contribution is 2.28. The average Bonchev–Trinajstić information content (AvgIpc) is 2.02. The highest BCUT2D eigenvalue weighted by atomic mass is 79.9. The van der Waals surface area contributed by atoms with Crippen molar-refractivity contribution in [2.24, 2.45) is 10.9 Å². The van der Waals surface area contributed by atoms with Gasteiger partial charge in [-0.1, -0.05) is 28.1 Å². The van der Waals surface area contributed by atoms with Crippen molar-refractivity contribution >= 4 is 27.5 Å². The molecule has 0 saturated heterocycles. The Morgan fingerprint density at radius 3 is 3.00 bits per heavy atom. The third kappa shape index (κ3) is 1.56. The van der Waals surface area contributed by atoms with Crippen LogP contribution in [0.1, 0.15) is 6.92 Å². The summed E-state index contributed by atoms with van der Waals surface area (Å²) in [5, 5.41) is 0. The van der Waals surface area contributed by atoms with Crippen molar-refractivity contribution in [3.8, 4) is 0 Å². The normalized spacial score (nSPS) is 26.2. The van der Waals surface area contributed by atoms with E-state index in [-0.39, 0.29) is 11.8 Å². The van der Waals surface area contributed by atoms with Crippen LogP contribution in [0.2, 0.25) is 0 Å². The van der Waals surface area contributed by atoms with Crippen LogP contribution >= 0.6 is 15.9 Å². The van der Waals surface area contributed by atoms with Crippen LogP contribution in [0.25, 0.3) is 0 Å². The maximum Gasteiger partial charge on any atom is 0.257 e. The van der Waals surface area contributed by atoms with Crippen LogP contribution in [0, 0.1) is 5.92 Å². The van der Waals surface area contributed by atoms with E-state index in [1.807, 2.05) is 31.2 Å². The van der Waals surface area contributed by atoms with Gasteiger partial charge < -0.3 is 0 Å². The largest absolute Gasteiger partial charge is 0.272 e. The first-order valence-corrected chi connectivity index (χ1v) is 4.82. The second-order valence-electron chi connectivity index (χ2n) is 3.10. The molecule has 1 amide bonds. The lowest BCUT2D eigenvalue weighted by molar-refractivity contribution is -0.119. The molecule has 1 aliphatic heterocycles. The van der Waals surface area contributed by atoms with Crippen molar-refractivity contribution in [2.45, 2.75) is 6.92 Å². The summed E-state index contributed by atoms with van der Waals surface area (Å²) in [4.78, 5) is 15.3. The minimum atomic E-state index is -0.162. The minimum absolute atomic E-state index is 0.0671. The number of allylic oxidation sites excluding steroid dienone is 4. The molecule has 3 heteroatoms. The first kappa shape index (κ1) is 8.63. The predicted octanol–water partition coefficient (Wildman–Crippen LogP) is 2.38. The van der Waals surface area contributed by atoms with Crippen LogP contribution in [-0.2, 0) is 4.79 Å². The molecule has 0 radical (unpaired) electrons. The fourth-order valence-corrected chi connectivity index (χ4v) is 1.89. The molecule has 0 bridgehead atoms. The molecule has 0 aromatic carbocycles. The molecule has 1 atom stereocenters. The second kappa shape index (κ2) is 3.07. The Morgan fingerprint density at radius 1 is 1.46 bits per heavy atom. The number of carbonyl (C=O) groups excluding carboxylic acids is 1. The Kier molecular flexibility index (Phi) is 2.04. The fourth-order valence-electron chi connectivity index (χ4n) is 1.47. The van der Waals surface area contributed by atoms with Gasteiger partial charge in [-0.05, 0) is 24.6 Å². The fraction of sp³-hybridized carbons (Fsp3) is 0.200. The molecular formula is C10H8BrNO. The third-order valence-corrected chi connectivity index (χ3v) is 2.53. The van der Waals surface area contributed by atoms with Crippen LogP contribution in [0.3, 0.4) is 0 Å². The number of carbonyl (C=O) groups is 1.